The predicted molar refractivity (Wildman–Crippen MR) is 81.6 cm³/mol. The highest BCUT2D eigenvalue weighted by atomic mass is 35.5. The van der Waals surface area contributed by atoms with Gasteiger partial charge in [0, 0.05) is 12.2 Å². The Balaban J connectivity index is 2.00. The van der Waals surface area contributed by atoms with E-state index in [9.17, 15) is 4.79 Å². The van der Waals surface area contributed by atoms with Crippen molar-refractivity contribution in [3.05, 3.63) is 63.6 Å². The standard InChI is InChI=1S/C15H13Cl2NO2/c1-20-15(19)11-3-5-12(6-4-11)18-9-10-2-7-13(16)14(17)8-10/h2-8,18H,9H2,1H3. The van der Waals surface area contributed by atoms with Crippen LogP contribution in [-0.2, 0) is 11.3 Å². The fourth-order valence-electron chi connectivity index (χ4n) is 1.70. The number of halogens is 2. The van der Waals surface area contributed by atoms with Crippen LogP contribution in [0.15, 0.2) is 42.5 Å². The number of methoxy groups -OCH3 is 1. The van der Waals surface area contributed by atoms with E-state index in [-0.39, 0.29) is 5.97 Å². The van der Waals surface area contributed by atoms with Gasteiger partial charge in [-0.25, -0.2) is 4.79 Å². The molecule has 20 heavy (non-hydrogen) atoms. The molecule has 0 aliphatic heterocycles. The summed E-state index contributed by atoms with van der Waals surface area (Å²) in [5, 5.41) is 4.31. The Morgan fingerprint density at radius 3 is 2.40 bits per heavy atom. The lowest BCUT2D eigenvalue weighted by atomic mass is 10.2. The van der Waals surface area contributed by atoms with E-state index in [1.165, 1.54) is 7.11 Å². The third-order valence-corrected chi connectivity index (χ3v) is 3.53. The second-order valence-corrected chi connectivity index (χ2v) is 4.99. The normalized spacial score (nSPS) is 10.2. The van der Waals surface area contributed by atoms with E-state index in [4.69, 9.17) is 23.2 Å². The van der Waals surface area contributed by atoms with E-state index in [0.717, 1.165) is 11.3 Å². The van der Waals surface area contributed by atoms with Crippen LogP contribution in [0.5, 0.6) is 0 Å². The van der Waals surface area contributed by atoms with Gasteiger partial charge in [-0.2, -0.15) is 0 Å². The number of nitrogens with one attached hydrogen (secondary N) is 1. The van der Waals surface area contributed by atoms with Crippen molar-refractivity contribution >= 4 is 34.9 Å². The number of rotatable bonds is 4. The number of hydrogen-bond donors (Lipinski definition) is 1. The van der Waals surface area contributed by atoms with E-state index >= 15 is 0 Å². The smallest absolute Gasteiger partial charge is 0.337 e. The highest BCUT2D eigenvalue weighted by Crippen LogP contribution is 2.23. The van der Waals surface area contributed by atoms with Crippen LogP contribution in [0.1, 0.15) is 15.9 Å². The summed E-state index contributed by atoms with van der Waals surface area (Å²) in [5.41, 5.74) is 2.45. The quantitative estimate of drug-likeness (QED) is 0.851. The molecule has 0 atom stereocenters. The van der Waals surface area contributed by atoms with E-state index in [1.54, 1.807) is 18.2 Å². The van der Waals surface area contributed by atoms with Crippen molar-refractivity contribution in [1.82, 2.24) is 0 Å². The Labute approximate surface area is 127 Å². The zero-order valence-corrected chi connectivity index (χ0v) is 12.3. The molecule has 0 bridgehead atoms. The van der Waals surface area contributed by atoms with E-state index < -0.39 is 0 Å². The fourth-order valence-corrected chi connectivity index (χ4v) is 2.02. The number of ether oxygens (including phenoxy) is 1. The van der Waals surface area contributed by atoms with Crippen molar-refractivity contribution in [3.63, 3.8) is 0 Å². The van der Waals surface area contributed by atoms with Crippen molar-refractivity contribution in [3.8, 4) is 0 Å². The lowest BCUT2D eigenvalue weighted by molar-refractivity contribution is 0.0601. The number of hydrogen-bond acceptors (Lipinski definition) is 3. The Kier molecular flexibility index (Phi) is 4.88. The van der Waals surface area contributed by atoms with Crippen molar-refractivity contribution in [2.75, 3.05) is 12.4 Å². The minimum atomic E-state index is -0.346. The van der Waals surface area contributed by atoms with E-state index in [0.29, 0.717) is 22.2 Å². The van der Waals surface area contributed by atoms with Gasteiger partial charge in [0.1, 0.15) is 0 Å². The van der Waals surface area contributed by atoms with Crippen LogP contribution in [0.2, 0.25) is 10.0 Å². The van der Waals surface area contributed by atoms with Gasteiger partial charge in [0.2, 0.25) is 0 Å². The second kappa shape index (κ2) is 6.64. The molecule has 0 aliphatic carbocycles. The van der Waals surface area contributed by atoms with Crippen molar-refractivity contribution < 1.29 is 9.53 Å². The van der Waals surface area contributed by atoms with Crippen LogP contribution < -0.4 is 5.32 Å². The molecule has 1 N–H and O–H groups in total. The van der Waals surface area contributed by atoms with Gasteiger partial charge in [0.05, 0.1) is 22.7 Å². The minimum Gasteiger partial charge on any atom is -0.465 e. The maximum atomic E-state index is 11.3. The Morgan fingerprint density at radius 1 is 1.10 bits per heavy atom. The van der Waals surface area contributed by atoms with Crippen LogP contribution in [0.3, 0.4) is 0 Å². The van der Waals surface area contributed by atoms with Crippen LogP contribution in [-0.4, -0.2) is 13.1 Å². The highest BCUT2D eigenvalue weighted by Gasteiger charge is 2.04. The summed E-state index contributed by atoms with van der Waals surface area (Å²) >= 11 is 11.8. The molecule has 0 saturated heterocycles. The van der Waals surface area contributed by atoms with Gasteiger partial charge in [-0.15, -0.1) is 0 Å². The second-order valence-electron chi connectivity index (χ2n) is 4.17. The molecule has 0 amide bonds. The summed E-state index contributed by atoms with van der Waals surface area (Å²) < 4.78 is 4.64. The summed E-state index contributed by atoms with van der Waals surface area (Å²) in [6, 6.07) is 12.6. The van der Waals surface area contributed by atoms with E-state index in [2.05, 4.69) is 10.1 Å². The molecule has 0 saturated carbocycles. The van der Waals surface area contributed by atoms with Gasteiger partial charge in [0.25, 0.3) is 0 Å². The minimum absolute atomic E-state index is 0.346. The van der Waals surface area contributed by atoms with Crippen molar-refractivity contribution in [1.29, 1.82) is 0 Å². The molecule has 3 nitrogen and oxygen atoms in total. The monoisotopic (exact) mass is 309 g/mol. The SMILES string of the molecule is COC(=O)c1ccc(NCc2ccc(Cl)c(Cl)c2)cc1. The van der Waals surface area contributed by atoms with Crippen LogP contribution in [0.25, 0.3) is 0 Å². The largest absolute Gasteiger partial charge is 0.465 e. The zero-order chi connectivity index (χ0) is 14.5. The number of esters is 1. The number of carbonyl (C=O) groups is 1. The van der Waals surface area contributed by atoms with Gasteiger partial charge in [-0.3, -0.25) is 0 Å². The fraction of sp³-hybridized carbons (Fsp3) is 0.133. The molecule has 2 aromatic rings. The van der Waals surface area contributed by atoms with E-state index in [1.807, 2.05) is 24.3 Å². The Morgan fingerprint density at radius 2 is 1.80 bits per heavy atom. The summed E-state index contributed by atoms with van der Waals surface area (Å²) in [4.78, 5) is 11.3. The summed E-state index contributed by atoms with van der Waals surface area (Å²) in [6.07, 6.45) is 0. The lowest BCUT2D eigenvalue weighted by Crippen LogP contribution is -2.02. The molecular weight excluding hydrogens is 297 g/mol. The molecule has 0 aromatic heterocycles. The topological polar surface area (TPSA) is 38.3 Å². The third-order valence-electron chi connectivity index (χ3n) is 2.79. The predicted octanol–water partition coefficient (Wildman–Crippen LogP) is 4.39. The first kappa shape index (κ1) is 14.7. The zero-order valence-electron chi connectivity index (χ0n) is 10.8. The molecule has 2 rings (SSSR count). The first-order valence-electron chi connectivity index (χ1n) is 5.96. The highest BCUT2D eigenvalue weighted by molar-refractivity contribution is 6.42. The van der Waals surface area contributed by atoms with Gasteiger partial charge in [-0.05, 0) is 42.0 Å². The first-order chi connectivity index (χ1) is 9.60. The average Bonchev–Trinajstić information content (AvgIpc) is 2.48. The van der Waals surface area contributed by atoms with Gasteiger partial charge in [0.15, 0.2) is 0 Å². The Hall–Kier alpha value is -1.71. The van der Waals surface area contributed by atoms with Gasteiger partial charge >= 0.3 is 5.97 Å². The first-order valence-corrected chi connectivity index (χ1v) is 6.72. The van der Waals surface area contributed by atoms with Crippen LogP contribution >= 0.6 is 23.2 Å². The number of carbonyl (C=O) groups excluding carboxylic acids is 1. The molecule has 0 aliphatic rings. The van der Waals surface area contributed by atoms with Crippen LogP contribution in [0, 0.1) is 0 Å². The van der Waals surface area contributed by atoms with Gasteiger partial charge in [-0.1, -0.05) is 29.3 Å². The maximum Gasteiger partial charge on any atom is 0.337 e. The molecule has 2 aromatic carbocycles. The third kappa shape index (κ3) is 3.65. The average molecular weight is 310 g/mol. The molecule has 0 radical (unpaired) electrons. The molecular formula is C15H13Cl2NO2. The maximum absolute atomic E-state index is 11.3. The number of benzene rings is 2. The molecule has 5 heteroatoms. The molecule has 0 heterocycles. The van der Waals surface area contributed by atoms with Crippen LogP contribution in [0.4, 0.5) is 5.69 Å². The summed E-state index contributed by atoms with van der Waals surface area (Å²) in [7, 11) is 1.36. The summed E-state index contributed by atoms with van der Waals surface area (Å²) in [6.45, 7) is 0.620. The number of anilines is 1. The van der Waals surface area contributed by atoms with Crippen molar-refractivity contribution in [2.24, 2.45) is 0 Å². The van der Waals surface area contributed by atoms with Crippen molar-refractivity contribution in [2.45, 2.75) is 6.54 Å². The molecule has 104 valence electrons. The Bertz CT molecular complexity index is 612. The lowest BCUT2D eigenvalue weighted by Gasteiger charge is -2.08. The van der Waals surface area contributed by atoms with Gasteiger partial charge < -0.3 is 10.1 Å². The summed E-state index contributed by atoms with van der Waals surface area (Å²) in [5.74, 6) is -0.346. The molecule has 0 unspecified atom stereocenters. The molecule has 0 spiro atoms. The molecule has 0 fully saturated rings.